The van der Waals surface area contributed by atoms with E-state index in [1.54, 1.807) is 49.0 Å². The Kier molecular flexibility index (Phi) is 5.24. The molecular formula is C20H22N4O3S. The standard InChI is InChI=1S/C20H22N4O3S/c1-13-6-5-7-16(10-13)23-28(26,27)17-9-8-14(2)18(12-17)20(25)21-19-11-15(3)22-24(19)4/h5-12,23H,1-4H3,(H,21,25). The highest BCUT2D eigenvalue weighted by Crippen LogP contribution is 2.21. The van der Waals surface area contributed by atoms with Crippen LogP contribution in [0.3, 0.4) is 0 Å². The maximum absolute atomic E-state index is 12.8. The Bertz CT molecular complexity index is 1150. The second kappa shape index (κ2) is 7.47. The Balaban J connectivity index is 1.90. The molecule has 0 aliphatic rings. The van der Waals surface area contributed by atoms with Gasteiger partial charge in [0.2, 0.25) is 0 Å². The Morgan fingerprint density at radius 3 is 2.43 bits per heavy atom. The molecule has 7 nitrogen and oxygen atoms in total. The number of hydrogen-bond acceptors (Lipinski definition) is 4. The summed E-state index contributed by atoms with van der Waals surface area (Å²) in [6, 6.07) is 13.3. The van der Waals surface area contributed by atoms with Crippen molar-refractivity contribution < 1.29 is 13.2 Å². The lowest BCUT2D eigenvalue weighted by Gasteiger charge is -2.12. The number of benzene rings is 2. The quantitative estimate of drug-likeness (QED) is 0.689. The molecule has 0 spiro atoms. The van der Waals surface area contributed by atoms with Gasteiger partial charge in [0.05, 0.1) is 10.6 Å². The maximum atomic E-state index is 12.8. The molecule has 3 rings (SSSR count). The second-order valence-electron chi connectivity index (χ2n) is 6.70. The number of nitrogens with one attached hydrogen (secondary N) is 2. The number of hydrogen-bond donors (Lipinski definition) is 2. The highest BCUT2D eigenvalue weighted by molar-refractivity contribution is 7.92. The molecule has 146 valence electrons. The van der Waals surface area contributed by atoms with Gasteiger partial charge in [-0.2, -0.15) is 5.10 Å². The van der Waals surface area contributed by atoms with Crippen LogP contribution in [0.5, 0.6) is 0 Å². The molecule has 0 saturated heterocycles. The molecule has 2 aromatic carbocycles. The van der Waals surface area contributed by atoms with E-state index in [2.05, 4.69) is 15.1 Å². The molecule has 1 heterocycles. The van der Waals surface area contributed by atoms with Gasteiger partial charge in [0.15, 0.2) is 0 Å². The van der Waals surface area contributed by atoms with Gasteiger partial charge >= 0.3 is 0 Å². The van der Waals surface area contributed by atoms with Crippen molar-refractivity contribution in [1.82, 2.24) is 9.78 Å². The molecule has 8 heteroatoms. The van der Waals surface area contributed by atoms with Crippen LogP contribution in [-0.4, -0.2) is 24.1 Å². The molecule has 0 unspecified atom stereocenters. The lowest BCUT2D eigenvalue weighted by atomic mass is 10.1. The van der Waals surface area contributed by atoms with E-state index < -0.39 is 15.9 Å². The van der Waals surface area contributed by atoms with Crippen molar-refractivity contribution in [2.24, 2.45) is 7.05 Å². The predicted octanol–water partition coefficient (Wildman–Crippen LogP) is 3.40. The van der Waals surface area contributed by atoms with Crippen LogP contribution in [0.2, 0.25) is 0 Å². The Labute approximate surface area is 164 Å². The molecule has 2 N–H and O–H groups in total. The average molecular weight is 398 g/mol. The number of sulfonamides is 1. The number of carbonyl (C=O) groups excluding carboxylic acids is 1. The van der Waals surface area contributed by atoms with E-state index in [-0.39, 0.29) is 10.5 Å². The van der Waals surface area contributed by atoms with E-state index in [4.69, 9.17) is 0 Å². The third kappa shape index (κ3) is 4.23. The largest absolute Gasteiger partial charge is 0.307 e. The number of rotatable bonds is 5. The Morgan fingerprint density at radius 2 is 1.79 bits per heavy atom. The van der Waals surface area contributed by atoms with Gasteiger partial charge in [-0.3, -0.25) is 14.2 Å². The van der Waals surface area contributed by atoms with E-state index in [9.17, 15) is 13.2 Å². The van der Waals surface area contributed by atoms with Crippen molar-refractivity contribution in [3.63, 3.8) is 0 Å². The topological polar surface area (TPSA) is 93.1 Å². The Morgan fingerprint density at radius 1 is 1.04 bits per heavy atom. The number of anilines is 2. The highest BCUT2D eigenvalue weighted by atomic mass is 32.2. The molecule has 0 fully saturated rings. The predicted molar refractivity (Wildman–Crippen MR) is 109 cm³/mol. The monoisotopic (exact) mass is 398 g/mol. The summed E-state index contributed by atoms with van der Waals surface area (Å²) >= 11 is 0. The van der Waals surface area contributed by atoms with Crippen LogP contribution in [0.15, 0.2) is 53.4 Å². The van der Waals surface area contributed by atoms with Gasteiger partial charge in [0, 0.05) is 24.4 Å². The lowest BCUT2D eigenvalue weighted by Crippen LogP contribution is -2.18. The summed E-state index contributed by atoms with van der Waals surface area (Å²) in [6.45, 7) is 5.46. The Hall–Kier alpha value is -3.13. The molecule has 0 aliphatic heterocycles. The zero-order valence-corrected chi connectivity index (χ0v) is 17.0. The van der Waals surface area contributed by atoms with E-state index in [1.807, 2.05) is 19.9 Å². The number of aromatic nitrogens is 2. The van der Waals surface area contributed by atoms with Gasteiger partial charge in [0.1, 0.15) is 5.82 Å². The molecule has 0 atom stereocenters. The maximum Gasteiger partial charge on any atom is 0.261 e. The number of amides is 1. The fourth-order valence-electron chi connectivity index (χ4n) is 2.85. The SMILES string of the molecule is Cc1cccc(NS(=O)(=O)c2ccc(C)c(C(=O)Nc3cc(C)nn3C)c2)c1. The molecule has 0 aliphatic carbocycles. The first-order valence-electron chi connectivity index (χ1n) is 8.68. The van der Waals surface area contributed by atoms with E-state index in [0.717, 1.165) is 11.3 Å². The summed E-state index contributed by atoms with van der Waals surface area (Å²) in [6.07, 6.45) is 0. The van der Waals surface area contributed by atoms with Crippen LogP contribution in [0, 0.1) is 20.8 Å². The van der Waals surface area contributed by atoms with Gasteiger partial charge in [-0.1, -0.05) is 18.2 Å². The van der Waals surface area contributed by atoms with Crippen LogP contribution >= 0.6 is 0 Å². The third-order valence-corrected chi connectivity index (χ3v) is 5.66. The zero-order valence-electron chi connectivity index (χ0n) is 16.1. The summed E-state index contributed by atoms with van der Waals surface area (Å²) in [5, 5.41) is 6.96. The van der Waals surface area contributed by atoms with Crippen molar-refractivity contribution in [2.75, 3.05) is 10.0 Å². The van der Waals surface area contributed by atoms with Crippen LogP contribution in [0.25, 0.3) is 0 Å². The van der Waals surface area contributed by atoms with Crippen LogP contribution in [0.4, 0.5) is 11.5 Å². The summed E-state index contributed by atoms with van der Waals surface area (Å²) in [5.74, 6) is 0.140. The molecule has 0 radical (unpaired) electrons. The van der Waals surface area contributed by atoms with Gasteiger partial charge < -0.3 is 5.32 Å². The van der Waals surface area contributed by atoms with Crippen molar-refractivity contribution >= 4 is 27.4 Å². The van der Waals surface area contributed by atoms with E-state index in [1.165, 1.54) is 12.1 Å². The fourth-order valence-corrected chi connectivity index (χ4v) is 3.92. The molecule has 0 saturated carbocycles. The normalized spacial score (nSPS) is 11.3. The zero-order chi connectivity index (χ0) is 20.5. The molecule has 1 amide bonds. The third-order valence-electron chi connectivity index (χ3n) is 4.28. The highest BCUT2D eigenvalue weighted by Gasteiger charge is 2.19. The van der Waals surface area contributed by atoms with Crippen molar-refractivity contribution in [3.05, 3.63) is 70.9 Å². The van der Waals surface area contributed by atoms with Gasteiger partial charge in [-0.05, 0) is 56.2 Å². The van der Waals surface area contributed by atoms with Crippen LogP contribution in [0.1, 0.15) is 27.2 Å². The average Bonchev–Trinajstić information content (AvgIpc) is 2.91. The number of nitrogens with zero attached hydrogens (tertiary/aromatic N) is 2. The first-order chi connectivity index (χ1) is 13.2. The van der Waals surface area contributed by atoms with E-state index in [0.29, 0.717) is 17.1 Å². The first-order valence-corrected chi connectivity index (χ1v) is 10.2. The summed E-state index contributed by atoms with van der Waals surface area (Å²) in [4.78, 5) is 12.7. The summed E-state index contributed by atoms with van der Waals surface area (Å²) < 4.78 is 29.6. The smallest absolute Gasteiger partial charge is 0.261 e. The molecule has 1 aromatic heterocycles. The lowest BCUT2D eigenvalue weighted by molar-refractivity contribution is 0.102. The minimum Gasteiger partial charge on any atom is -0.307 e. The fraction of sp³-hybridized carbons (Fsp3) is 0.200. The van der Waals surface area contributed by atoms with E-state index >= 15 is 0 Å². The van der Waals surface area contributed by atoms with Crippen LogP contribution < -0.4 is 10.0 Å². The minimum absolute atomic E-state index is 0.0194. The van der Waals surface area contributed by atoms with Gasteiger partial charge in [-0.25, -0.2) is 8.42 Å². The van der Waals surface area contributed by atoms with Gasteiger partial charge in [-0.15, -0.1) is 0 Å². The molecular weight excluding hydrogens is 376 g/mol. The second-order valence-corrected chi connectivity index (χ2v) is 8.38. The molecule has 28 heavy (non-hydrogen) atoms. The first kappa shape index (κ1) is 19.6. The molecule has 0 bridgehead atoms. The number of carbonyl (C=O) groups is 1. The van der Waals surface area contributed by atoms with Crippen molar-refractivity contribution in [1.29, 1.82) is 0 Å². The van der Waals surface area contributed by atoms with Gasteiger partial charge in [0.25, 0.3) is 15.9 Å². The number of aryl methyl sites for hydroxylation is 4. The summed E-state index contributed by atoms with van der Waals surface area (Å²) in [5.41, 5.74) is 3.14. The van der Waals surface area contributed by atoms with Crippen LogP contribution in [-0.2, 0) is 17.1 Å². The van der Waals surface area contributed by atoms with Crippen molar-refractivity contribution in [3.8, 4) is 0 Å². The molecule has 3 aromatic rings. The summed E-state index contributed by atoms with van der Waals surface area (Å²) in [7, 11) is -2.10. The van der Waals surface area contributed by atoms with Crippen molar-refractivity contribution in [2.45, 2.75) is 25.7 Å². The minimum atomic E-state index is -3.83.